The Morgan fingerprint density at radius 2 is 2.27 bits per heavy atom. The second-order valence-corrected chi connectivity index (χ2v) is 4.80. The smallest absolute Gasteiger partial charge is 0.220 e. The van der Waals surface area contributed by atoms with Gasteiger partial charge in [0.15, 0.2) is 11.6 Å². The van der Waals surface area contributed by atoms with Gasteiger partial charge in [-0.2, -0.15) is 0 Å². The lowest BCUT2D eigenvalue weighted by Gasteiger charge is -2.10. The van der Waals surface area contributed by atoms with Crippen LogP contribution in [0.5, 0.6) is 5.75 Å². The monoisotopic (exact) mass is 307 g/mol. The molecule has 118 valence electrons. The van der Waals surface area contributed by atoms with Crippen LogP contribution in [0.3, 0.4) is 0 Å². The Balaban J connectivity index is 1.77. The van der Waals surface area contributed by atoms with Crippen molar-refractivity contribution in [2.45, 2.75) is 18.9 Å². The molecule has 1 amide bonds. The third-order valence-corrected chi connectivity index (χ3v) is 3.22. The van der Waals surface area contributed by atoms with Gasteiger partial charge in [0.1, 0.15) is 11.9 Å². The van der Waals surface area contributed by atoms with Crippen molar-refractivity contribution >= 4 is 5.91 Å². The number of furan rings is 1. The molecule has 0 bridgehead atoms. The van der Waals surface area contributed by atoms with Gasteiger partial charge in [-0.15, -0.1) is 0 Å². The van der Waals surface area contributed by atoms with E-state index in [1.807, 2.05) is 0 Å². The van der Waals surface area contributed by atoms with E-state index in [9.17, 15) is 14.3 Å². The summed E-state index contributed by atoms with van der Waals surface area (Å²) in [5.74, 6) is -0.0946. The van der Waals surface area contributed by atoms with Crippen LogP contribution >= 0.6 is 0 Å². The van der Waals surface area contributed by atoms with E-state index >= 15 is 0 Å². The normalized spacial score (nSPS) is 12.0. The molecule has 0 fully saturated rings. The minimum atomic E-state index is -0.877. The molecule has 0 aliphatic carbocycles. The summed E-state index contributed by atoms with van der Waals surface area (Å²) in [4.78, 5) is 11.7. The molecule has 1 heterocycles. The zero-order valence-electron chi connectivity index (χ0n) is 12.2. The molecule has 2 aromatic rings. The van der Waals surface area contributed by atoms with Gasteiger partial charge in [-0.05, 0) is 36.2 Å². The molecule has 0 saturated carbocycles. The quantitative estimate of drug-likeness (QED) is 0.822. The molecule has 0 aliphatic heterocycles. The van der Waals surface area contributed by atoms with E-state index in [1.54, 1.807) is 18.2 Å². The van der Waals surface area contributed by atoms with Crippen LogP contribution in [-0.4, -0.2) is 24.7 Å². The predicted octanol–water partition coefficient (Wildman–Crippen LogP) is 2.21. The number of amides is 1. The van der Waals surface area contributed by atoms with Gasteiger partial charge >= 0.3 is 0 Å². The summed E-state index contributed by atoms with van der Waals surface area (Å²) in [5, 5.41) is 12.4. The van der Waals surface area contributed by atoms with E-state index in [4.69, 9.17) is 9.15 Å². The van der Waals surface area contributed by atoms with Crippen molar-refractivity contribution in [3.05, 3.63) is 53.7 Å². The Morgan fingerprint density at radius 1 is 1.45 bits per heavy atom. The molecular weight excluding hydrogens is 289 g/mol. The highest BCUT2D eigenvalue weighted by Gasteiger charge is 2.12. The summed E-state index contributed by atoms with van der Waals surface area (Å²) in [6, 6.07) is 7.90. The molecule has 0 aliphatic rings. The summed E-state index contributed by atoms with van der Waals surface area (Å²) in [6.45, 7) is 0.0727. The molecule has 1 atom stereocenters. The average Bonchev–Trinajstić information content (AvgIpc) is 3.05. The number of nitrogens with one attached hydrogen (secondary N) is 1. The number of carbonyl (C=O) groups is 1. The van der Waals surface area contributed by atoms with Gasteiger partial charge in [0.25, 0.3) is 0 Å². The van der Waals surface area contributed by atoms with Crippen LogP contribution < -0.4 is 10.1 Å². The second kappa shape index (κ2) is 7.61. The number of halogens is 1. The van der Waals surface area contributed by atoms with Gasteiger partial charge in [-0.3, -0.25) is 4.79 Å². The molecule has 6 heteroatoms. The largest absolute Gasteiger partial charge is 0.494 e. The number of hydrogen-bond acceptors (Lipinski definition) is 4. The van der Waals surface area contributed by atoms with Crippen LogP contribution in [0.25, 0.3) is 0 Å². The summed E-state index contributed by atoms with van der Waals surface area (Å²) in [7, 11) is 1.40. The Bertz CT molecular complexity index is 613. The molecule has 1 aromatic heterocycles. The van der Waals surface area contributed by atoms with E-state index in [0.29, 0.717) is 17.7 Å². The first-order valence-electron chi connectivity index (χ1n) is 6.90. The fraction of sp³-hybridized carbons (Fsp3) is 0.312. The maximum Gasteiger partial charge on any atom is 0.220 e. The van der Waals surface area contributed by atoms with Crippen molar-refractivity contribution in [1.29, 1.82) is 0 Å². The summed E-state index contributed by atoms with van der Waals surface area (Å²) in [5.41, 5.74) is 0.708. The van der Waals surface area contributed by atoms with Crippen LogP contribution in [-0.2, 0) is 11.2 Å². The standard InChI is InChI=1S/C16H18FNO4/c1-21-14-6-4-11(9-12(14)17)5-7-16(20)18-10-13(19)15-3-2-8-22-15/h2-4,6,8-9,13,19H,5,7,10H2,1H3,(H,18,20). The number of methoxy groups -OCH3 is 1. The molecule has 5 nitrogen and oxygen atoms in total. The third-order valence-electron chi connectivity index (χ3n) is 3.22. The summed E-state index contributed by atoms with van der Waals surface area (Å²) >= 11 is 0. The van der Waals surface area contributed by atoms with Gasteiger partial charge in [0.05, 0.1) is 19.9 Å². The lowest BCUT2D eigenvalue weighted by atomic mass is 10.1. The summed E-state index contributed by atoms with van der Waals surface area (Å²) < 4.78 is 23.4. The number of benzene rings is 1. The van der Waals surface area contributed by atoms with E-state index < -0.39 is 11.9 Å². The Labute approximate surface area is 127 Å². The topological polar surface area (TPSA) is 71.7 Å². The van der Waals surface area contributed by atoms with Crippen molar-refractivity contribution in [1.82, 2.24) is 5.32 Å². The fourth-order valence-electron chi connectivity index (χ4n) is 2.00. The molecule has 22 heavy (non-hydrogen) atoms. The molecule has 1 unspecified atom stereocenters. The molecular formula is C16H18FNO4. The van der Waals surface area contributed by atoms with Crippen molar-refractivity contribution in [3.8, 4) is 5.75 Å². The van der Waals surface area contributed by atoms with E-state index in [-0.39, 0.29) is 24.6 Å². The number of rotatable bonds is 7. The number of aliphatic hydroxyl groups excluding tert-OH is 1. The Kier molecular flexibility index (Phi) is 5.55. The van der Waals surface area contributed by atoms with Crippen molar-refractivity contribution in [2.24, 2.45) is 0 Å². The van der Waals surface area contributed by atoms with Crippen LogP contribution in [0, 0.1) is 5.82 Å². The lowest BCUT2D eigenvalue weighted by molar-refractivity contribution is -0.121. The first-order valence-corrected chi connectivity index (χ1v) is 6.90. The maximum atomic E-state index is 13.5. The SMILES string of the molecule is COc1ccc(CCC(=O)NCC(O)c2ccco2)cc1F. The van der Waals surface area contributed by atoms with Crippen molar-refractivity contribution in [3.63, 3.8) is 0 Å². The molecule has 0 saturated heterocycles. The van der Waals surface area contributed by atoms with E-state index in [2.05, 4.69) is 5.32 Å². The summed E-state index contributed by atoms with van der Waals surface area (Å²) in [6.07, 6.45) is 1.19. The zero-order valence-corrected chi connectivity index (χ0v) is 12.2. The second-order valence-electron chi connectivity index (χ2n) is 4.80. The number of aliphatic hydroxyl groups is 1. The van der Waals surface area contributed by atoms with E-state index in [0.717, 1.165) is 0 Å². The fourth-order valence-corrected chi connectivity index (χ4v) is 2.00. The van der Waals surface area contributed by atoms with Crippen LogP contribution in [0.1, 0.15) is 23.8 Å². The highest BCUT2D eigenvalue weighted by Crippen LogP contribution is 2.18. The van der Waals surface area contributed by atoms with Gasteiger partial charge in [-0.25, -0.2) is 4.39 Å². The van der Waals surface area contributed by atoms with Crippen molar-refractivity contribution in [2.75, 3.05) is 13.7 Å². The first-order chi connectivity index (χ1) is 10.6. The average molecular weight is 307 g/mol. The molecule has 0 spiro atoms. The van der Waals surface area contributed by atoms with Gasteiger partial charge < -0.3 is 19.6 Å². The zero-order chi connectivity index (χ0) is 15.9. The van der Waals surface area contributed by atoms with Crippen LogP contribution in [0.2, 0.25) is 0 Å². The highest BCUT2D eigenvalue weighted by molar-refractivity contribution is 5.76. The third kappa shape index (κ3) is 4.33. The van der Waals surface area contributed by atoms with Gasteiger partial charge in [0, 0.05) is 6.42 Å². The number of aryl methyl sites for hydroxylation is 1. The van der Waals surface area contributed by atoms with Crippen LogP contribution in [0.15, 0.2) is 41.0 Å². The number of carbonyl (C=O) groups excluding carboxylic acids is 1. The minimum absolute atomic E-state index is 0.0727. The molecule has 0 radical (unpaired) electrons. The number of ether oxygens (including phenoxy) is 1. The van der Waals surface area contributed by atoms with Gasteiger partial charge in [-0.1, -0.05) is 6.07 Å². The van der Waals surface area contributed by atoms with Crippen molar-refractivity contribution < 1.29 is 23.4 Å². The molecule has 1 aromatic carbocycles. The minimum Gasteiger partial charge on any atom is -0.494 e. The maximum absolute atomic E-state index is 13.5. The van der Waals surface area contributed by atoms with Gasteiger partial charge in [0.2, 0.25) is 5.91 Å². The molecule has 2 rings (SSSR count). The number of hydrogen-bond donors (Lipinski definition) is 2. The Morgan fingerprint density at radius 3 is 2.91 bits per heavy atom. The first kappa shape index (κ1) is 16.0. The predicted molar refractivity (Wildman–Crippen MR) is 78.0 cm³/mol. The lowest BCUT2D eigenvalue weighted by Crippen LogP contribution is -2.28. The van der Waals surface area contributed by atoms with Crippen LogP contribution in [0.4, 0.5) is 4.39 Å². The highest BCUT2D eigenvalue weighted by atomic mass is 19.1. The van der Waals surface area contributed by atoms with E-state index in [1.165, 1.54) is 25.5 Å². The molecule has 2 N–H and O–H groups in total. The Hall–Kier alpha value is -2.34.